The lowest BCUT2D eigenvalue weighted by molar-refractivity contribution is -0.141. The number of esters is 1. The fourth-order valence-corrected chi connectivity index (χ4v) is 1.50. The van der Waals surface area contributed by atoms with Crippen molar-refractivity contribution in [1.29, 1.82) is 0 Å². The van der Waals surface area contributed by atoms with Gasteiger partial charge in [-0.2, -0.15) is 0 Å². The fraction of sp³-hybridized carbons (Fsp3) is 0.462. The first-order chi connectivity index (χ1) is 8.58. The Morgan fingerprint density at radius 2 is 2.00 bits per heavy atom. The Labute approximate surface area is 106 Å². The maximum absolute atomic E-state index is 11.4. The quantitative estimate of drug-likeness (QED) is 0.651. The second-order valence-electron chi connectivity index (χ2n) is 4.08. The number of ether oxygens (including phenoxy) is 1. The third-order valence-corrected chi connectivity index (χ3v) is 2.72. The molecule has 0 saturated carbocycles. The normalized spacial score (nSPS) is 13.8. The van der Waals surface area contributed by atoms with E-state index in [1.165, 1.54) is 7.11 Å². The number of hydrogen-bond donors (Lipinski definition) is 3. The van der Waals surface area contributed by atoms with Gasteiger partial charge in [0.1, 0.15) is 0 Å². The second-order valence-corrected chi connectivity index (χ2v) is 4.08. The standard InChI is InChI=1S/C13H19NO4/c1-9(13(17)18-2)10-3-5-11(6-4-10)14-7-12(16)8-15/h3-6,9,12,14-16H,7-8H2,1-2H3. The zero-order chi connectivity index (χ0) is 13.5. The average Bonchev–Trinajstić information content (AvgIpc) is 2.43. The van der Waals surface area contributed by atoms with Crippen LogP contribution in [0.2, 0.25) is 0 Å². The lowest BCUT2D eigenvalue weighted by Crippen LogP contribution is -2.22. The summed E-state index contributed by atoms with van der Waals surface area (Å²) in [6, 6.07) is 7.29. The van der Waals surface area contributed by atoms with Gasteiger partial charge >= 0.3 is 5.97 Å². The van der Waals surface area contributed by atoms with Gasteiger partial charge in [-0.25, -0.2) is 0 Å². The monoisotopic (exact) mass is 253 g/mol. The van der Waals surface area contributed by atoms with Gasteiger partial charge < -0.3 is 20.3 Å². The lowest BCUT2D eigenvalue weighted by atomic mass is 10.0. The minimum Gasteiger partial charge on any atom is -0.469 e. The smallest absolute Gasteiger partial charge is 0.312 e. The van der Waals surface area contributed by atoms with E-state index in [2.05, 4.69) is 10.1 Å². The van der Waals surface area contributed by atoms with Crippen LogP contribution < -0.4 is 5.32 Å². The molecule has 0 radical (unpaired) electrons. The van der Waals surface area contributed by atoms with E-state index < -0.39 is 6.10 Å². The molecule has 0 aliphatic rings. The summed E-state index contributed by atoms with van der Waals surface area (Å²) in [7, 11) is 1.37. The maximum atomic E-state index is 11.4. The molecular formula is C13H19NO4. The molecule has 3 N–H and O–H groups in total. The van der Waals surface area contributed by atoms with Gasteiger partial charge in [0.2, 0.25) is 0 Å². The number of carbonyl (C=O) groups excluding carboxylic acids is 1. The number of aliphatic hydroxyl groups is 2. The Morgan fingerprint density at radius 1 is 1.39 bits per heavy atom. The van der Waals surface area contributed by atoms with Crippen LogP contribution >= 0.6 is 0 Å². The Bertz CT molecular complexity index is 377. The average molecular weight is 253 g/mol. The number of carbonyl (C=O) groups is 1. The molecule has 0 fully saturated rings. The van der Waals surface area contributed by atoms with Crippen molar-refractivity contribution >= 4 is 11.7 Å². The molecule has 2 atom stereocenters. The van der Waals surface area contributed by atoms with Crippen molar-refractivity contribution < 1.29 is 19.7 Å². The maximum Gasteiger partial charge on any atom is 0.312 e. The molecule has 0 amide bonds. The number of anilines is 1. The summed E-state index contributed by atoms with van der Waals surface area (Å²) >= 11 is 0. The molecule has 2 unspecified atom stereocenters. The summed E-state index contributed by atoms with van der Waals surface area (Å²) in [5, 5.41) is 20.8. The van der Waals surface area contributed by atoms with Gasteiger partial charge in [-0.1, -0.05) is 12.1 Å². The van der Waals surface area contributed by atoms with Crippen LogP contribution in [-0.4, -0.2) is 42.5 Å². The lowest BCUT2D eigenvalue weighted by Gasteiger charge is -2.12. The highest BCUT2D eigenvalue weighted by molar-refractivity contribution is 5.77. The Morgan fingerprint density at radius 3 is 2.50 bits per heavy atom. The minimum absolute atomic E-state index is 0.272. The Hall–Kier alpha value is -1.59. The molecule has 0 heterocycles. The summed E-state index contributed by atoms with van der Waals surface area (Å²) in [4.78, 5) is 11.4. The number of benzene rings is 1. The van der Waals surface area contributed by atoms with Gasteiger partial charge in [0, 0.05) is 12.2 Å². The molecule has 0 aliphatic heterocycles. The highest BCUT2D eigenvalue weighted by Gasteiger charge is 2.15. The molecule has 100 valence electrons. The zero-order valence-corrected chi connectivity index (χ0v) is 10.6. The summed E-state index contributed by atoms with van der Waals surface area (Å²) in [5.74, 6) is -0.571. The van der Waals surface area contributed by atoms with E-state index in [9.17, 15) is 9.90 Å². The van der Waals surface area contributed by atoms with Gasteiger partial charge in [0.15, 0.2) is 0 Å². The minimum atomic E-state index is -0.779. The van der Waals surface area contributed by atoms with Crippen LogP contribution in [0, 0.1) is 0 Å². The van der Waals surface area contributed by atoms with Crippen molar-refractivity contribution in [1.82, 2.24) is 0 Å². The Kier molecular flexibility index (Phi) is 5.61. The number of nitrogens with one attached hydrogen (secondary N) is 1. The molecule has 0 aliphatic carbocycles. The number of hydrogen-bond acceptors (Lipinski definition) is 5. The SMILES string of the molecule is COC(=O)C(C)c1ccc(NCC(O)CO)cc1. The van der Waals surface area contributed by atoms with Crippen molar-refractivity contribution in [2.45, 2.75) is 18.9 Å². The zero-order valence-electron chi connectivity index (χ0n) is 10.6. The van der Waals surface area contributed by atoms with E-state index in [0.29, 0.717) is 0 Å². The van der Waals surface area contributed by atoms with Crippen LogP contribution in [-0.2, 0) is 9.53 Å². The highest BCUT2D eigenvalue weighted by atomic mass is 16.5. The molecule has 0 bridgehead atoms. The first-order valence-electron chi connectivity index (χ1n) is 5.79. The molecule has 1 aromatic rings. The summed E-state index contributed by atoms with van der Waals surface area (Å²) < 4.78 is 4.67. The summed E-state index contributed by atoms with van der Waals surface area (Å²) in [6.07, 6.45) is -0.779. The van der Waals surface area contributed by atoms with E-state index in [-0.39, 0.29) is 25.0 Å². The number of rotatable bonds is 6. The number of methoxy groups -OCH3 is 1. The molecule has 1 aromatic carbocycles. The van der Waals surface area contributed by atoms with Gasteiger partial charge in [-0.05, 0) is 24.6 Å². The van der Waals surface area contributed by atoms with Crippen LogP contribution in [0.4, 0.5) is 5.69 Å². The molecular weight excluding hydrogens is 234 g/mol. The van der Waals surface area contributed by atoms with Gasteiger partial charge in [-0.3, -0.25) is 4.79 Å². The van der Waals surface area contributed by atoms with Crippen molar-refractivity contribution in [2.75, 3.05) is 25.6 Å². The van der Waals surface area contributed by atoms with E-state index >= 15 is 0 Å². The fourth-order valence-electron chi connectivity index (χ4n) is 1.50. The molecule has 0 spiro atoms. The predicted molar refractivity (Wildman–Crippen MR) is 68.5 cm³/mol. The van der Waals surface area contributed by atoms with Crippen LogP contribution in [0.5, 0.6) is 0 Å². The van der Waals surface area contributed by atoms with E-state index in [1.807, 2.05) is 24.3 Å². The molecule has 0 aromatic heterocycles. The Balaban J connectivity index is 2.60. The first kappa shape index (κ1) is 14.5. The predicted octanol–water partition coefficient (Wildman–Crippen LogP) is 0.728. The summed E-state index contributed by atoms with van der Waals surface area (Å²) in [5.41, 5.74) is 1.69. The van der Waals surface area contributed by atoms with E-state index in [1.54, 1.807) is 6.92 Å². The third-order valence-electron chi connectivity index (χ3n) is 2.72. The second kappa shape index (κ2) is 6.98. The van der Waals surface area contributed by atoms with Crippen molar-refractivity contribution in [3.8, 4) is 0 Å². The number of aliphatic hydroxyl groups excluding tert-OH is 2. The van der Waals surface area contributed by atoms with Gasteiger partial charge in [0.05, 0.1) is 25.7 Å². The molecule has 18 heavy (non-hydrogen) atoms. The largest absolute Gasteiger partial charge is 0.469 e. The molecule has 5 heteroatoms. The van der Waals surface area contributed by atoms with E-state index in [4.69, 9.17) is 5.11 Å². The van der Waals surface area contributed by atoms with Crippen molar-refractivity contribution in [3.63, 3.8) is 0 Å². The van der Waals surface area contributed by atoms with Crippen LogP contribution in [0.1, 0.15) is 18.4 Å². The summed E-state index contributed by atoms with van der Waals surface area (Å²) in [6.45, 7) is 1.79. The first-order valence-corrected chi connectivity index (χ1v) is 5.79. The van der Waals surface area contributed by atoms with Crippen LogP contribution in [0.3, 0.4) is 0 Å². The van der Waals surface area contributed by atoms with Crippen LogP contribution in [0.15, 0.2) is 24.3 Å². The van der Waals surface area contributed by atoms with Gasteiger partial charge in [-0.15, -0.1) is 0 Å². The van der Waals surface area contributed by atoms with Crippen molar-refractivity contribution in [2.24, 2.45) is 0 Å². The topological polar surface area (TPSA) is 78.8 Å². The molecule has 1 rings (SSSR count). The van der Waals surface area contributed by atoms with E-state index in [0.717, 1.165) is 11.3 Å². The van der Waals surface area contributed by atoms with Crippen LogP contribution in [0.25, 0.3) is 0 Å². The van der Waals surface area contributed by atoms with Crippen molar-refractivity contribution in [3.05, 3.63) is 29.8 Å². The highest BCUT2D eigenvalue weighted by Crippen LogP contribution is 2.19. The molecule has 5 nitrogen and oxygen atoms in total. The van der Waals surface area contributed by atoms with Gasteiger partial charge in [0.25, 0.3) is 0 Å². The third kappa shape index (κ3) is 4.01. The molecule has 0 saturated heterocycles.